The summed E-state index contributed by atoms with van der Waals surface area (Å²) in [7, 11) is 1.61. The van der Waals surface area contributed by atoms with Crippen molar-refractivity contribution in [2.24, 2.45) is 0 Å². The molecule has 23 heavy (non-hydrogen) atoms. The predicted molar refractivity (Wildman–Crippen MR) is 86.1 cm³/mol. The Bertz CT molecular complexity index is 701. The summed E-state index contributed by atoms with van der Waals surface area (Å²) in [6, 6.07) is 7.35. The van der Waals surface area contributed by atoms with Crippen molar-refractivity contribution in [3.8, 4) is 5.75 Å². The number of carbonyl (C=O) groups is 1. The molecule has 0 bridgehead atoms. The Labute approximate surface area is 133 Å². The number of aromatic nitrogens is 3. The third-order valence-corrected chi connectivity index (χ3v) is 2.73. The number of rotatable bonds is 7. The molecule has 0 saturated heterocycles. The molecule has 0 unspecified atom stereocenters. The van der Waals surface area contributed by atoms with E-state index in [1.807, 2.05) is 24.3 Å². The van der Waals surface area contributed by atoms with Crippen LogP contribution >= 0.6 is 0 Å². The van der Waals surface area contributed by atoms with Crippen molar-refractivity contribution in [1.29, 1.82) is 0 Å². The number of benzene rings is 1. The SMILES string of the molecule is COc1ccc(Nc2nc(C)nc(NC/C=C/C(=O)O)n2)cc1. The fourth-order valence-corrected chi connectivity index (χ4v) is 1.73. The third-order valence-electron chi connectivity index (χ3n) is 2.73. The molecular weight excluding hydrogens is 298 g/mol. The van der Waals surface area contributed by atoms with Gasteiger partial charge in [-0.1, -0.05) is 6.08 Å². The van der Waals surface area contributed by atoms with Gasteiger partial charge in [-0.05, 0) is 31.2 Å². The third kappa shape index (κ3) is 5.27. The molecule has 0 amide bonds. The van der Waals surface area contributed by atoms with Crippen LogP contribution in [0.2, 0.25) is 0 Å². The summed E-state index contributed by atoms with van der Waals surface area (Å²) in [5.41, 5.74) is 0.813. The summed E-state index contributed by atoms with van der Waals surface area (Å²) in [4.78, 5) is 23.0. The number of carboxylic acid groups (broad SMARTS) is 1. The Kier molecular flexibility index (Phi) is 5.45. The molecule has 8 heteroatoms. The lowest BCUT2D eigenvalue weighted by molar-refractivity contribution is -0.131. The summed E-state index contributed by atoms with van der Waals surface area (Å²) in [5, 5.41) is 14.5. The van der Waals surface area contributed by atoms with E-state index in [2.05, 4.69) is 25.6 Å². The van der Waals surface area contributed by atoms with Crippen LogP contribution in [-0.2, 0) is 4.79 Å². The average molecular weight is 315 g/mol. The second-order valence-electron chi connectivity index (χ2n) is 4.50. The Hall–Kier alpha value is -3.16. The van der Waals surface area contributed by atoms with Crippen molar-refractivity contribution >= 4 is 23.6 Å². The molecule has 0 fully saturated rings. The molecule has 0 aliphatic carbocycles. The number of nitrogens with one attached hydrogen (secondary N) is 2. The van der Waals surface area contributed by atoms with Gasteiger partial charge in [0.05, 0.1) is 7.11 Å². The van der Waals surface area contributed by atoms with Crippen molar-refractivity contribution < 1.29 is 14.6 Å². The van der Waals surface area contributed by atoms with Crippen LogP contribution in [0.15, 0.2) is 36.4 Å². The number of anilines is 3. The molecule has 0 radical (unpaired) electrons. The van der Waals surface area contributed by atoms with Gasteiger partial charge >= 0.3 is 5.97 Å². The molecule has 0 atom stereocenters. The zero-order valence-corrected chi connectivity index (χ0v) is 12.8. The van der Waals surface area contributed by atoms with Crippen LogP contribution in [0.1, 0.15) is 5.82 Å². The van der Waals surface area contributed by atoms with Crippen molar-refractivity contribution in [3.63, 3.8) is 0 Å². The first-order valence-corrected chi connectivity index (χ1v) is 6.84. The van der Waals surface area contributed by atoms with E-state index < -0.39 is 5.97 Å². The summed E-state index contributed by atoms with van der Waals surface area (Å²) < 4.78 is 5.10. The Morgan fingerprint density at radius 3 is 2.57 bits per heavy atom. The lowest BCUT2D eigenvalue weighted by atomic mass is 10.3. The Morgan fingerprint density at radius 2 is 1.91 bits per heavy atom. The standard InChI is InChI=1S/C15H17N5O3/c1-10-17-14(16-9-3-4-13(21)22)20-15(18-10)19-11-5-7-12(23-2)8-6-11/h3-8H,9H2,1-2H3,(H,21,22)(H2,16,17,18,19,20)/b4-3+. The molecule has 0 saturated carbocycles. The van der Waals surface area contributed by atoms with Crippen molar-refractivity contribution in [2.45, 2.75) is 6.92 Å². The van der Waals surface area contributed by atoms with E-state index in [0.717, 1.165) is 17.5 Å². The first kappa shape index (κ1) is 16.2. The van der Waals surface area contributed by atoms with E-state index in [1.54, 1.807) is 14.0 Å². The molecule has 8 nitrogen and oxygen atoms in total. The molecule has 1 aromatic heterocycles. The van der Waals surface area contributed by atoms with Crippen molar-refractivity contribution in [1.82, 2.24) is 15.0 Å². The molecule has 120 valence electrons. The van der Waals surface area contributed by atoms with Gasteiger partial charge in [0.25, 0.3) is 0 Å². The van der Waals surface area contributed by atoms with E-state index in [4.69, 9.17) is 9.84 Å². The van der Waals surface area contributed by atoms with Gasteiger partial charge < -0.3 is 20.5 Å². The highest BCUT2D eigenvalue weighted by atomic mass is 16.5. The zero-order valence-electron chi connectivity index (χ0n) is 12.8. The van der Waals surface area contributed by atoms with Crippen LogP contribution in [0.4, 0.5) is 17.6 Å². The fraction of sp³-hybridized carbons (Fsp3) is 0.200. The summed E-state index contributed by atoms with van der Waals surface area (Å²) in [6.07, 6.45) is 2.52. The van der Waals surface area contributed by atoms with Gasteiger partial charge in [-0.2, -0.15) is 15.0 Å². The lowest BCUT2D eigenvalue weighted by Gasteiger charge is -2.08. The minimum Gasteiger partial charge on any atom is -0.497 e. The lowest BCUT2D eigenvalue weighted by Crippen LogP contribution is -2.08. The summed E-state index contributed by atoms with van der Waals surface area (Å²) in [6.45, 7) is 2.05. The molecule has 0 aliphatic rings. The van der Waals surface area contributed by atoms with Crippen LogP contribution < -0.4 is 15.4 Å². The first-order valence-electron chi connectivity index (χ1n) is 6.84. The number of hydrogen-bond acceptors (Lipinski definition) is 7. The average Bonchev–Trinajstić information content (AvgIpc) is 2.52. The topological polar surface area (TPSA) is 109 Å². The monoisotopic (exact) mass is 315 g/mol. The largest absolute Gasteiger partial charge is 0.497 e. The maximum atomic E-state index is 10.4. The molecule has 0 spiro atoms. The van der Waals surface area contributed by atoms with Gasteiger partial charge in [0.15, 0.2) is 0 Å². The van der Waals surface area contributed by atoms with Gasteiger partial charge in [-0.3, -0.25) is 0 Å². The van der Waals surface area contributed by atoms with Crippen LogP contribution in [0, 0.1) is 6.92 Å². The number of nitrogens with zero attached hydrogens (tertiary/aromatic N) is 3. The highest BCUT2D eigenvalue weighted by Gasteiger charge is 2.04. The number of carboxylic acids is 1. The van der Waals surface area contributed by atoms with E-state index >= 15 is 0 Å². The van der Waals surface area contributed by atoms with E-state index in [-0.39, 0.29) is 0 Å². The van der Waals surface area contributed by atoms with E-state index in [9.17, 15) is 4.79 Å². The van der Waals surface area contributed by atoms with Crippen LogP contribution in [0.5, 0.6) is 5.75 Å². The highest BCUT2D eigenvalue weighted by Crippen LogP contribution is 2.18. The second kappa shape index (κ2) is 7.74. The predicted octanol–water partition coefficient (Wildman–Crippen LogP) is 1.98. The van der Waals surface area contributed by atoms with Gasteiger partial charge in [0, 0.05) is 18.3 Å². The first-order chi connectivity index (χ1) is 11.1. The quantitative estimate of drug-likeness (QED) is 0.665. The zero-order chi connectivity index (χ0) is 16.7. The smallest absolute Gasteiger partial charge is 0.328 e. The van der Waals surface area contributed by atoms with Gasteiger partial charge in [0.2, 0.25) is 11.9 Å². The number of aryl methyl sites for hydroxylation is 1. The molecule has 0 aliphatic heterocycles. The molecule has 3 N–H and O–H groups in total. The highest BCUT2D eigenvalue weighted by molar-refractivity contribution is 5.79. The molecule has 2 rings (SSSR count). The number of hydrogen-bond donors (Lipinski definition) is 3. The number of aliphatic carboxylic acids is 1. The van der Waals surface area contributed by atoms with Gasteiger partial charge in [-0.25, -0.2) is 4.79 Å². The normalized spacial score (nSPS) is 10.5. The van der Waals surface area contributed by atoms with Crippen LogP contribution in [0.3, 0.4) is 0 Å². The van der Waals surface area contributed by atoms with Crippen molar-refractivity contribution in [2.75, 3.05) is 24.3 Å². The second-order valence-corrected chi connectivity index (χ2v) is 4.50. The van der Waals surface area contributed by atoms with E-state index in [1.165, 1.54) is 6.08 Å². The fourth-order valence-electron chi connectivity index (χ4n) is 1.73. The molecule has 2 aromatic rings. The van der Waals surface area contributed by atoms with E-state index in [0.29, 0.717) is 24.3 Å². The molecule has 1 heterocycles. The molecule has 1 aromatic carbocycles. The maximum absolute atomic E-state index is 10.4. The minimum absolute atomic E-state index is 0.303. The maximum Gasteiger partial charge on any atom is 0.328 e. The van der Waals surface area contributed by atoms with Gasteiger partial charge in [-0.15, -0.1) is 0 Å². The summed E-state index contributed by atoms with van der Waals surface area (Å²) in [5.74, 6) is 1.06. The Morgan fingerprint density at radius 1 is 1.22 bits per heavy atom. The minimum atomic E-state index is -1.000. The number of methoxy groups -OCH3 is 1. The molecular formula is C15H17N5O3. The Balaban J connectivity index is 2.05. The summed E-state index contributed by atoms with van der Waals surface area (Å²) >= 11 is 0. The van der Waals surface area contributed by atoms with Crippen LogP contribution in [-0.4, -0.2) is 39.7 Å². The van der Waals surface area contributed by atoms with Crippen molar-refractivity contribution in [3.05, 3.63) is 42.2 Å². The van der Waals surface area contributed by atoms with Gasteiger partial charge in [0.1, 0.15) is 11.6 Å². The number of ether oxygens (including phenoxy) is 1. The van der Waals surface area contributed by atoms with Crippen LogP contribution in [0.25, 0.3) is 0 Å².